The van der Waals surface area contributed by atoms with Crippen LogP contribution in [0.1, 0.15) is 11.7 Å². The average Bonchev–Trinajstić information content (AvgIpc) is 2.36. The summed E-state index contributed by atoms with van der Waals surface area (Å²) < 4.78 is 10.5. The van der Waals surface area contributed by atoms with Gasteiger partial charge in [-0.3, -0.25) is 0 Å². The number of aliphatic hydroxyl groups is 1. The molecule has 0 fully saturated rings. The van der Waals surface area contributed by atoms with Gasteiger partial charge in [-0.25, -0.2) is 4.79 Å². The van der Waals surface area contributed by atoms with E-state index in [9.17, 15) is 9.90 Å². The van der Waals surface area contributed by atoms with Gasteiger partial charge >= 0.3 is 5.97 Å². The minimum Gasteiger partial charge on any atom is -0.490 e. The third kappa shape index (κ3) is 2.36. The van der Waals surface area contributed by atoms with Gasteiger partial charge in [0.05, 0.1) is 0 Å². The normalized spacial score (nSPS) is 17.2. The van der Waals surface area contributed by atoms with Crippen LogP contribution >= 0.6 is 0 Å². The zero-order valence-corrected chi connectivity index (χ0v) is 9.50. The number of aliphatic hydroxyl groups excluding tert-OH is 1. The number of hydrogen-bond donors (Lipinski definition) is 2. The number of carboxylic acids is 1. The molecule has 0 saturated heterocycles. The van der Waals surface area contributed by atoms with Crippen LogP contribution in [0.2, 0.25) is 0 Å². The van der Waals surface area contributed by atoms with Crippen molar-refractivity contribution in [1.29, 1.82) is 0 Å². The third-order valence-electron chi connectivity index (χ3n) is 2.41. The van der Waals surface area contributed by atoms with Crippen LogP contribution in [0.25, 0.3) is 0 Å². The van der Waals surface area contributed by atoms with Crippen LogP contribution < -0.4 is 9.47 Å². The molecule has 0 spiro atoms. The van der Waals surface area contributed by atoms with Crippen molar-refractivity contribution in [2.24, 2.45) is 0 Å². The van der Waals surface area contributed by atoms with Gasteiger partial charge in [-0.1, -0.05) is 12.7 Å². The van der Waals surface area contributed by atoms with Crippen LogP contribution in [0, 0.1) is 0 Å². The first-order valence-corrected chi connectivity index (χ1v) is 5.30. The summed E-state index contributed by atoms with van der Waals surface area (Å²) in [4.78, 5) is 10.8. The number of carbonyl (C=O) groups is 1. The summed E-state index contributed by atoms with van der Waals surface area (Å²) in [6, 6.07) is 4.81. The van der Waals surface area contributed by atoms with Gasteiger partial charge < -0.3 is 19.7 Å². The van der Waals surface area contributed by atoms with Crippen molar-refractivity contribution in [3.63, 3.8) is 0 Å². The average molecular weight is 248 g/mol. The number of carboxylic acid groups (broad SMARTS) is 1. The van der Waals surface area contributed by atoms with Gasteiger partial charge in [-0.15, -0.1) is 0 Å². The lowest BCUT2D eigenvalue weighted by Crippen LogP contribution is -2.15. The second kappa shape index (κ2) is 4.93. The summed E-state index contributed by atoms with van der Waals surface area (Å²) in [5.74, 6) is -0.627. The molecule has 1 aliphatic rings. The van der Waals surface area contributed by atoms with Gasteiger partial charge in [0.2, 0.25) is 5.76 Å². The van der Waals surface area contributed by atoms with E-state index in [0.29, 0.717) is 23.7 Å². The van der Waals surface area contributed by atoms with Crippen LogP contribution in [0.5, 0.6) is 11.5 Å². The minimum atomic E-state index is -1.22. The Morgan fingerprint density at radius 2 is 2.33 bits per heavy atom. The first kappa shape index (κ1) is 12.2. The molecule has 2 N–H and O–H groups in total. The Balaban J connectivity index is 2.28. The molecule has 1 heterocycles. The number of aliphatic carboxylic acids is 1. The van der Waals surface area contributed by atoms with E-state index < -0.39 is 12.1 Å². The monoisotopic (exact) mass is 248 g/mol. The highest BCUT2D eigenvalue weighted by Crippen LogP contribution is 2.35. The predicted molar refractivity (Wildman–Crippen MR) is 63.4 cm³/mol. The fourth-order valence-electron chi connectivity index (χ4n) is 1.60. The molecule has 0 aromatic heterocycles. The van der Waals surface area contributed by atoms with E-state index in [1.54, 1.807) is 24.3 Å². The lowest BCUT2D eigenvalue weighted by atomic mass is 10.0. The van der Waals surface area contributed by atoms with Crippen molar-refractivity contribution in [3.8, 4) is 11.5 Å². The highest BCUT2D eigenvalue weighted by molar-refractivity contribution is 5.85. The van der Waals surface area contributed by atoms with E-state index in [2.05, 4.69) is 6.58 Å². The van der Waals surface area contributed by atoms with E-state index in [4.69, 9.17) is 14.6 Å². The largest absolute Gasteiger partial charge is 0.490 e. The number of hydrogen-bond acceptors (Lipinski definition) is 4. The summed E-state index contributed by atoms with van der Waals surface area (Å²) in [5, 5.41) is 18.6. The molecule has 0 aliphatic carbocycles. The lowest BCUT2D eigenvalue weighted by Gasteiger charge is -2.20. The maximum atomic E-state index is 10.8. The van der Waals surface area contributed by atoms with Crippen molar-refractivity contribution in [2.75, 3.05) is 6.61 Å². The number of benzene rings is 1. The molecule has 1 aromatic rings. The molecule has 18 heavy (non-hydrogen) atoms. The molecular weight excluding hydrogens is 236 g/mol. The van der Waals surface area contributed by atoms with Crippen molar-refractivity contribution in [3.05, 3.63) is 48.3 Å². The van der Waals surface area contributed by atoms with E-state index in [0.717, 1.165) is 6.08 Å². The van der Waals surface area contributed by atoms with Crippen LogP contribution in [-0.2, 0) is 4.79 Å². The molecule has 1 aromatic carbocycles. The van der Waals surface area contributed by atoms with Crippen LogP contribution in [0.4, 0.5) is 0 Å². The molecule has 1 unspecified atom stereocenters. The van der Waals surface area contributed by atoms with Gasteiger partial charge in [0.15, 0.2) is 0 Å². The van der Waals surface area contributed by atoms with Crippen LogP contribution in [-0.4, -0.2) is 22.8 Å². The molecule has 0 radical (unpaired) electrons. The SMILES string of the molecule is C=CCOc1ccc2c(c1)C(O)C=C(C(=O)O)O2. The fraction of sp³-hybridized carbons (Fsp3) is 0.154. The lowest BCUT2D eigenvalue weighted by molar-refractivity contribution is -0.135. The Bertz CT molecular complexity index is 518. The standard InChI is InChI=1S/C13H12O5/c1-2-5-17-8-3-4-11-9(6-8)10(14)7-12(18-11)13(15)16/h2-4,6-7,10,14H,1,5H2,(H,15,16). The first-order chi connectivity index (χ1) is 8.61. The molecule has 5 heteroatoms. The van der Waals surface area contributed by atoms with Crippen molar-refractivity contribution in [2.45, 2.75) is 6.10 Å². The number of fused-ring (bicyclic) bond motifs is 1. The molecule has 94 valence electrons. The van der Waals surface area contributed by atoms with Crippen molar-refractivity contribution in [1.82, 2.24) is 0 Å². The van der Waals surface area contributed by atoms with E-state index in [1.165, 1.54) is 0 Å². The Morgan fingerprint density at radius 3 is 3.00 bits per heavy atom. The second-order valence-electron chi connectivity index (χ2n) is 3.68. The molecule has 0 saturated carbocycles. The summed E-state index contributed by atoms with van der Waals surface area (Å²) in [5.41, 5.74) is 0.474. The highest BCUT2D eigenvalue weighted by atomic mass is 16.5. The fourth-order valence-corrected chi connectivity index (χ4v) is 1.60. The number of ether oxygens (including phenoxy) is 2. The Kier molecular flexibility index (Phi) is 3.34. The van der Waals surface area contributed by atoms with E-state index in [-0.39, 0.29) is 5.76 Å². The molecule has 0 bridgehead atoms. The molecule has 0 amide bonds. The molecule has 1 aliphatic heterocycles. The van der Waals surface area contributed by atoms with Crippen LogP contribution in [0.3, 0.4) is 0 Å². The first-order valence-electron chi connectivity index (χ1n) is 5.30. The van der Waals surface area contributed by atoms with Crippen molar-refractivity contribution < 1.29 is 24.5 Å². The summed E-state index contributed by atoms with van der Waals surface area (Å²) >= 11 is 0. The maximum absolute atomic E-state index is 10.8. The van der Waals surface area contributed by atoms with Gasteiger partial charge in [-0.2, -0.15) is 0 Å². The predicted octanol–water partition coefficient (Wildman–Crippen LogP) is 1.65. The summed E-state index contributed by atoms with van der Waals surface area (Å²) in [6.07, 6.45) is 1.73. The Labute approximate surface area is 104 Å². The van der Waals surface area contributed by atoms with Crippen molar-refractivity contribution >= 4 is 5.97 Å². The molecular formula is C13H12O5. The zero-order chi connectivity index (χ0) is 13.1. The minimum absolute atomic E-state index is 0.283. The highest BCUT2D eigenvalue weighted by Gasteiger charge is 2.24. The topological polar surface area (TPSA) is 76.0 Å². The zero-order valence-electron chi connectivity index (χ0n) is 9.50. The Hall–Kier alpha value is -2.27. The van der Waals surface area contributed by atoms with Gasteiger partial charge in [0.25, 0.3) is 0 Å². The van der Waals surface area contributed by atoms with Gasteiger partial charge in [0.1, 0.15) is 24.2 Å². The smallest absolute Gasteiger partial charge is 0.371 e. The summed E-state index contributed by atoms with van der Waals surface area (Å²) in [6.45, 7) is 3.89. The third-order valence-corrected chi connectivity index (χ3v) is 2.41. The molecule has 1 atom stereocenters. The molecule has 5 nitrogen and oxygen atoms in total. The summed E-state index contributed by atoms with van der Waals surface area (Å²) in [7, 11) is 0. The van der Waals surface area contributed by atoms with E-state index >= 15 is 0 Å². The van der Waals surface area contributed by atoms with Gasteiger partial charge in [-0.05, 0) is 24.3 Å². The van der Waals surface area contributed by atoms with Gasteiger partial charge in [0, 0.05) is 5.56 Å². The molecule has 2 rings (SSSR count). The second-order valence-corrected chi connectivity index (χ2v) is 3.68. The van der Waals surface area contributed by atoms with Crippen LogP contribution in [0.15, 0.2) is 42.7 Å². The quantitative estimate of drug-likeness (QED) is 0.792. The maximum Gasteiger partial charge on any atom is 0.371 e. The van der Waals surface area contributed by atoms with E-state index in [1.807, 2.05) is 0 Å². The Morgan fingerprint density at radius 1 is 1.56 bits per heavy atom. The number of rotatable bonds is 4.